The van der Waals surface area contributed by atoms with Crippen molar-refractivity contribution in [1.82, 2.24) is 29.6 Å². The first-order chi connectivity index (χ1) is 13.3. The first kappa shape index (κ1) is 18.9. The fourth-order valence-corrected chi connectivity index (χ4v) is 3.30. The molecule has 8 heteroatoms. The van der Waals surface area contributed by atoms with E-state index in [0.29, 0.717) is 12.4 Å². The van der Waals surface area contributed by atoms with Crippen LogP contribution in [-0.2, 0) is 12.0 Å². The second-order valence-electron chi connectivity index (χ2n) is 8.83. The highest BCUT2D eigenvalue weighted by molar-refractivity contribution is 5.47. The quantitative estimate of drug-likeness (QED) is 0.686. The van der Waals surface area contributed by atoms with Crippen LogP contribution in [0.3, 0.4) is 0 Å². The SMILES string of the molecule is CC(C)c1noc(CN2CCN(c3ccc4nc(C(C)(C)C)cn4n3)CC2)n1. The van der Waals surface area contributed by atoms with Crippen molar-refractivity contribution in [3.63, 3.8) is 0 Å². The molecule has 0 radical (unpaired) electrons. The van der Waals surface area contributed by atoms with E-state index < -0.39 is 0 Å². The van der Waals surface area contributed by atoms with Gasteiger partial charge in [0.25, 0.3) is 0 Å². The van der Waals surface area contributed by atoms with E-state index >= 15 is 0 Å². The Morgan fingerprint density at radius 2 is 1.82 bits per heavy atom. The molecule has 1 fully saturated rings. The van der Waals surface area contributed by atoms with Crippen molar-refractivity contribution in [2.24, 2.45) is 0 Å². The molecule has 8 nitrogen and oxygen atoms in total. The highest BCUT2D eigenvalue weighted by Gasteiger charge is 2.22. The van der Waals surface area contributed by atoms with Gasteiger partial charge in [0.1, 0.15) is 5.82 Å². The predicted octanol–water partition coefficient (Wildman–Crippen LogP) is 2.86. The minimum atomic E-state index is 0.0175. The normalized spacial score (nSPS) is 16.4. The first-order valence-electron chi connectivity index (χ1n) is 9.96. The Balaban J connectivity index is 1.40. The number of hydrogen-bond donors (Lipinski definition) is 0. The second kappa shape index (κ2) is 7.16. The summed E-state index contributed by atoms with van der Waals surface area (Å²) in [4.78, 5) is 13.8. The lowest BCUT2D eigenvalue weighted by Gasteiger charge is -2.34. The zero-order valence-corrected chi connectivity index (χ0v) is 17.4. The summed E-state index contributed by atoms with van der Waals surface area (Å²) in [7, 11) is 0. The Bertz CT molecular complexity index is 945. The van der Waals surface area contributed by atoms with Crippen LogP contribution in [0.1, 0.15) is 57.9 Å². The average Bonchev–Trinajstić information content (AvgIpc) is 3.28. The van der Waals surface area contributed by atoms with Gasteiger partial charge in [0.2, 0.25) is 5.89 Å². The topological polar surface area (TPSA) is 75.6 Å². The summed E-state index contributed by atoms with van der Waals surface area (Å²) in [5.74, 6) is 2.76. The molecule has 150 valence electrons. The first-order valence-corrected chi connectivity index (χ1v) is 9.96. The van der Waals surface area contributed by atoms with Gasteiger partial charge in [0, 0.05) is 37.5 Å². The summed E-state index contributed by atoms with van der Waals surface area (Å²) >= 11 is 0. The number of aromatic nitrogens is 5. The smallest absolute Gasteiger partial charge is 0.240 e. The average molecular weight is 384 g/mol. The zero-order valence-electron chi connectivity index (χ0n) is 17.4. The van der Waals surface area contributed by atoms with Crippen LogP contribution in [0, 0.1) is 0 Å². The minimum absolute atomic E-state index is 0.0175. The maximum absolute atomic E-state index is 5.38. The van der Waals surface area contributed by atoms with E-state index in [1.807, 2.05) is 10.7 Å². The summed E-state index contributed by atoms with van der Waals surface area (Å²) in [5.41, 5.74) is 1.97. The lowest BCUT2D eigenvalue weighted by molar-refractivity contribution is 0.214. The van der Waals surface area contributed by atoms with Gasteiger partial charge in [-0.3, -0.25) is 4.90 Å². The molecule has 0 aromatic carbocycles. The molecular weight excluding hydrogens is 354 g/mol. The summed E-state index contributed by atoms with van der Waals surface area (Å²) in [6.07, 6.45) is 2.04. The van der Waals surface area contributed by atoms with E-state index in [1.54, 1.807) is 0 Å². The molecule has 4 rings (SSSR count). The molecule has 0 unspecified atom stereocenters. The van der Waals surface area contributed by atoms with Crippen LogP contribution in [-0.4, -0.2) is 55.8 Å². The number of piperazine rings is 1. The minimum Gasteiger partial charge on any atom is -0.353 e. The van der Waals surface area contributed by atoms with Crippen molar-refractivity contribution in [1.29, 1.82) is 0 Å². The second-order valence-corrected chi connectivity index (χ2v) is 8.83. The van der Waals surface area contributed by atoms with Crippen molar-refractivity contribution in [3.8, 4) is 0 Å². The summed E-state index contributed by atoms with van der Waals surface area (Å²) in [6.45, 7) is 15.1. The Morgan fingerprint density at radius 3 is 2.46 bits per heavy atom. The number of rotatable bonds is 4. The third kappa shape index (κ3) is 3.87. The fourth-order valence-electron chi connectivity index (χ4n) is 3.30. The molecule has 0 bridgehead atoms. The standard InChI is InChI=1S/C20H29N7O/c1-14(2)19-22-18(28-24-19)13-25-8-10-26(11-9-25)17-7-6-16-21-15(20(3,4)5)12-27(16)23-17/h6-7,12,14H,8-11,13H2,1-5H3. The molecule has 0 atom stereocenters. The molecule has 3 aromatic rings. The van der Waals surface area contributed by atoms with E-state index in [1.165, 1.54) is 0 Å². The van der Waals surface area contributed by atoms with Gasteiger partial charge < -0.3 is 9.42 Å². The molecular formula is C20H29N7O. The molecule has 0 aliphatic carbocycles. The maximum atomic E-state index is 5.38. The Hall–Kier alpha value is -2.48. The van der Waals surface area contributed by atoms with E-state index in [4.69, 9.17) is 14.6 Å². The van der Waals surface area contributed by atoms with Crippen molar-refractivity contribution in [3.05, 3.63) is 35.7 Å². The van der Waals surface area contributed by atoms with Gasteiger partial charge in [0.15, 0.2) is 11.5 Å². The van der Waals surface area contributed by atoms with E-state index in [9.17, 15) is 0 Å². The molecule has 0 N–H and O–H groups in total. The summed E-state index contributed by atoms with van der Waals surface area (Å²) < 4.78 is 7.28. The van der Waals surface area contributed by atoms with Crippen molar-refractivity contribution in [2.75, 3.05) is 31.1 Å². The molecule has 1 saturated heterocycles. The summed E-state index contributed by atoms with van der Waals surface area (Å²) in [5, 5.41) is 8.84. The van der Waals surface area contributed by atoms with Crippen molar-refractivity contribution >= 4 is 11.5 Å². The molecule has 0 saturated carbocycles. The third-order valence-electron chi connectivity index (χ3n) is 5.13. The number of anilines is 1. The zero-order chi connectivity index (χ0) is 19.9. The van der Waals surface area contributed by atoms with Crippen LogP contribution in [0.2, 0.25) is 0 Å². The van der Waals surface area contributed by atoms with Gasteiger partial charge in [-0.15, -0.1) is 5.10 Å². The Labute approximate surface area is 165 Å². The van der Waals surface area contributed by atoms with Gasteiger partial charge in [-0.2, -0.15) is 4.98 Å². The largest absolute Gasteiger partial charge is 0.353 e. The third-order valence-corrected chi connectivity index (χ3v) is 5.13. The van der Waals surface area contributed by atoms with Crippen LogP contribution >= 0.6 is 0 Å². The van der Waals surface area contributed by atoms with E-state index in [2.05, 4.69) is 66.7 Å². The van der Waals surface area contributed by atoms with Gasteiger partial charge >= 0.3 is 0 Å². The van der Waals surface area contributed by atoms with E-state index in [0.717, 1.165) is 49.2 Å². The van der Waals surface area contributed by atoms with Crippen LogP contribution in [0.25, 0.3) is 5.65 Å². The van der Waals surface area contributed by atoms with Gasteiger partial charge in [-0.1, -0.05) is 39.8 Å². The van der Waals surface area contributed by atoms with Crippen LogP contribution in [0.4, 0.5) is 5.82 Å². The fraction of sp³-hybridized carbons (Fsp3) is 0.600. The van der Waals surface area contributed by atoms with Crippen molar-refractivity contribution in [2.45, 2.75) is 52.5 Å². The lowest BCUT2D eigenvalue weighted by atomic mass is 9.93. The number of nitrogens with zero attached hydrogens (tertiary/aromatic N) is 7. The highest BCUT2D eigenvalue weighted by Crippen LogP contribution is 2.22. The predicted molar refractivity (Wildman–Crippen MR) is 108 cm³/mol. The van der Waals surface area contributed by atoms with Crippen LogP contribution < -0.4 is 4.90 Å². The van der Waals surface area contributed by atoms with E-state index in [-0.39, 0.29) is 11.3 Å². The Kier molecular flexibility index (Phi) is 4.82. The molecule has 4 heterocycles. The lowest BCUT2D eigenvalue weighted by Crippen LogP contribution is -2.46. The monoisotopic (exact) mass is 383 g/mol. The number of hydrogen-bond acceptors (Lipinski definition) is 7. The molecule has 1 aliphatic heterocycles. The molecule has 0 spiro atoms. The number of fused-ring (bicyclic) bond motifs is 1. The number of imidazole rings is 1. The van der Waals surface area contributed by atoms with Crippen molar-refractivity contribution < 1.29 is 4.52 Å². The van der Waals surface area contributed by atoms with Crippen LogP contribution in [0.5, 0.6) is 0 Å². The van der Waals surface area contributed by atoms with Gasteiger partial charge in [-0.05, 0) is 12.1 Å². The summed E-state index contributed by atoms with van der Waals surface area (Å²) in [6, 6.07) is 4.12. The highest BCUT2D eigenvalue weighted by atomic mass is 16.5. The van der Waals surface area contributed by atoms with Gasteiger partial charge in [0.05, 0.1) is 18.4 Å². The molecule has 28 heavy (non-hydrogen) atoms. The maximum Gasteiger partial charge on any atom is 0.240 e. The van der Waals surface area contributed by atoms with Gasteiger partial charge in [-0.25, -0.2) is 9.50 Å². The Morgan fingerprint density at radius 1 is 1.07 bits per heavy atom. The molecule has 1 aliphatic rings. The molecule has 0 amide bonds. The van der Waals surface area contributed by atoms with Crippen LogP contribution in [0.15, 0.2) is 22.9 Å². The molecule has 3 aromatic heterocycles.